The van der Waals surface area contributed by atoms with Gasteiger partial charge in [-0.3, -0.25) is 5.32 Å². The normalized spacial score (nSPS) is 11.2. The number of thiophene rings is 1. The highest BCUT2D eigenvalue weighted by Crippen LogP contribution is 2.36. The molecule has 0 aliphatic carbocycles. The molecule has 2 rings (SSSR count). The maximum Gasteiger partial charge on any atom is 0.341 e. The van der Waals surface area contributed by atoms with Gasteiger partial charge in [0.05, 0.1) is 12.2 Å². The maximum absolute atomic E-state index is 12.3. The van der Waals surface area contributed by atoms with Gasteiger partial charge in [-0.05, 0) is 36.1 Å². The van der Waals surface area contributed by atoms with Crippen LogP contribution in [0.3, 0.4) is 0 Å². The van der Waals surface area contributed by atoms with Crippen LogP contribution in [0, 0.1) is 0 Å². The van der Waals surface area contributed by atoms with Crippen molar-refractivity contribution in [2.24, 2.45) is 0 Å². The Balaban J connectivity index is 2.13. The summed E-state index contributed by atoms with van der Waals surface area (Å²) >= 11 is 13.3. The van der Waals surface area contributed by atoms with Gasteiger partial charge in [0.2, 0.25) is 0 Å². The van der Waals surface area contributed by atoms with E-state index in [2.05, 4.69) is 10.6 Å². The summed E-state index contributed by atoms with van der Waals surface area (Å²) in [5.74, 6) is -0.458. The van der Waals surface area contributed by atoms with Crippen molar-refractivity contribution < 1.29 is 14.3 Å². The minimum Gasteiger partial charge on any atom is -0.462 e. The predicted molar refractivity (Wildman–Crippen MR) is 111 cm³/mol. The summed E-state index contributed by atoms with van der Waals surface area (Å²) < 4.78 is 5.10. The molecule has 1 aromatic heterocycles. The highest BCUT2D eigenvalue weighted by molar-refractivity contribution is 7.16. The van der Waals surface area contributed by atoms with Crippen LogP contribution in [0.15, 0.2) is 24.3 Å². The molecule has 1 heterocycles. The summed E-state index contributed by atoms with van der Waals surface area (Å²) in [6.07, 6.45) is 0. The number of nitrogens with one attached hydrogen (secondary N) is 2. The quantitative estimate of drug-likeness (QED) is 0.586. The fourth-order valence-electron chi connectivity index (χ4n) is 2.20. The Morgan fingerprint density at radius 3 is 2.48 bits per heavy atom. The SMILES string of the molecule is CCOC(=O)c1cc(C(C)(C)C)sc1NC(=O)NCc1ccc(Cl)cc1Cl. The van der Waals surface area contributed by atoms with Gasteiger partial charge in [-0.15, -0.1) is 11.3 Å². The largest absolute Gasteiger partial charge is 0.462 e. The number of urea groups is 1. The summed E-state index contributed by atoms with van der Waals surface area (Å²) in [4.78, 5) is 25.5. The molecule has 2 aromatic rings. The number of hydrogen-bond acceptors (Lipinski definition) is 4. The molecular formula is C19H22Cl2N2O3S. The van der Waals surface area contributed by atoms with E-state index in [1.807, 2.05) is 20.8 Å². The second kappa shape index (κ2) is 8.95. The lowest BCUT2D eigenvalue weighted by molar-refractivity contribution is 0.0528. The van der Waals surface area contributed by atoms with E-state index >= 15 is 0 Å². The van der Waals surface area contributed by atoms with Crippen molar-refractivity contribution in [1.29, 1.82) is 0 Å². The van der Waals surface area contributed by atoms with E-state index < -0.39 is 12.0 Å². The van der Waals surface area contributed by atoms with Crippen LogP contribution < -0.4 is 10.6 Å². The fraction of sp³-hybridized carbons (Fsp3) is 0.368. The van der Waals surface area contributed by atoms with E-state index in [0.29, 0.717) is 20.6 Å². The second-order valence-corrected chi connectivity index (χ2v) is 8.76. The first-order valence-corrected chi connectivity index (χ1v) is 9.99. The first kappa shape index (κ1) is 21.5. The monoisotopic (exact) mass is 428 g/mol. The molecule has 27 heavy (non-hydrogen) atoms. The van der Waals surface area contributed by atoms with Crippen LogP contribution >= 0.6 is 34.5 Å². The van der Waals surface area contributed by atoms with Crippen molar-refractivity contribution in [2.45, 2.75) is 39.7 Å². The van der Waals surface area contributed by atoms with Gasteiger partial charge in [-0.1, -0.05) is 50.0 Å². The molecule has 0 atom stereocenters. The van der Waals surface area contributed by atoms with Crippen LogP contribution in [-0.4, -0.2) is 18.6 Å². The summed E-state index contributed by atoms with van der Waals surface area (Å²) in [6, 6.07) is 6.41. The van der Waals surface area contributed by atoms with Gasteiger partial charge in [0.1, 0.15) is 5.00 Å². The average molecular weight is 429 g/mol. The number of hydrogen-bond donors (Lipinski definition) is 2. The highest BCUT2D eigenvalue weighted by atomic mass is 35.5. The van der Waals surface area contributed by atoms with Gasteiger partial charge in [0.25, 0.3) is 0 Å². The van der Waals surface area contributed by atoms with Gasteiger partial charge in [-0.2, -0.15) is 0 Å². The topological polar surface area (TPSA) is 67.4 Å². The molecule has 0 fully saturated rings. The molecule has 0 radical (unpaired) electrons. The lowest BCUT2D eigenvalue weighted by atomic mass is 9.94. The smallest absolute Gasteiger partial charge is 0.341 e. The highest BCUT2D eigenvalue weighted by Gasteiger charge is 2.24. The van der Waals surface area contributed by atoms with Gasteiger partial charge >= 0.3 is 12.0 Å². The summed E-state index contributed by atoms with van der Waals surface area (Å²) in [6.45, 7) is 8.36. The molecule has 0 aliphatic rings. The van der Waals surface area contributed by atoms with E-state index in [9.17, 15) is 9.59 Å². The van der Waals surface area contributed by atoms with Crippen molar-refractivity contribution in [2.75, 3.05) is 11.9 Å². The molecule has 0 saturated heterocycles. The minimum absolute atomic E-state index is 0.154. The van der Waals surface area contributed by atoms with Gasteiger partial charge in [0.15, 0.2) is 0 Å². The van der Waals surface area contributed by atoms with Crippen LogP contribution in [0.5, 0.6) is 0 Å². The molecule has 0 aliphatic heterocycles. The lowest BCUT2D eigenvalue weighted by Crippen LogP contribution is -2.28. The predicted octanol–water partition coefficient (Wildman–Crippen LogP) is 5.85. The van der Waals surface area contributed by atoms with Crippen molar-refractivity contribution >= 4 is 51.5 Å². The molecule has 0 saturated carbocycles. The van der Waals surface area contributed by atoms with Crippen molar-refractivity contribution in [3.63, 3.8) is 0 Å². The Bertz CT molecular complexity index is 844. The molecule has 5 nitrogen and oxygen atoms in total. The van der Waals surface area contributed by atoms with E-state index in [1.165, 1.54) is 11.3 Å². The maximum atomic E-state index is 12.3. The minimum atomic E-state index is -0.458. The summed E-state index contributed by atoms with van der Waals surface area (Å²) in [5.41, 5.74) is 0.939. The number of anilines is 1. The second-order valence-electron chi connectivity index (χ2n) is 6.87. The summed E-state index contributed by atoms with van der Waals surface area (Å²) in [5, 5.41) is 6.93. The molecule has 1 aromatic carbocycles. The van der Waals surface area contributed by atoms with Gasteiger partial charge < -0.3 is 10.1 Å². The van der Waals surface area contributed by atoms with Crippen LogP contribution in [0.1, 0.15) is 48.5 Å². The number of rotatable bonds is 5. The number of halogens is 2. The van der Waals surface area contributed by atoms with Crippen LogP contribution in [0.25, 0.3) is 0 Å². The Morgan fingerprint density at radius 1 is 1.19 bits per heavy atom. The first-order valence-electron chi connectivity index (χ1n) is 8.42. The zero-order chi connectivity index (χ0) is 20.2. The third-order valence-corrected chi connectivity index (χ3v) is 5.71. The van der Waals surface area contributed by atoms with Crippen molar-refractivity contribution in [3.8, 4) is 0 Å². The third-order valence-electron chi connectivity index (χ3n) is 3.65. The standard InChI is InChI=1S/C19H22Cl2N2O3S/c1-5-26-17(24)13-9-15(19(2,3)4)27-16(13)23-18(25)22-10-11-6-7-12(20)8-14(11)21/h6-9H,5,10H2,1-4H3,(H2,22,23,25). The molecule has 8 heteroatoms. The number of esters is 1. The zero-order valence-electron chi connectivity index (χ0n) is 15.6. The summed E-state index contributed by atoms with van der Waals surface area (Å²) in [7, 11) is 0. The first-order chi connectivity index (χ1) is 12.6. The zero-order valence-corrected chi connectivity index (χ0v) is 17.9. The average Bonchev–Trinajstić information content (AvgIpc) is 2.98. The van der Waals surface area contributed by atoms with E-state index in [1.54, 1.807) is 31.2 Å². The van der Waals surface area contributed by atoms with Crippen molar-refractivity contribution in [1.82, 2.24) is 5.32 Å². The molecule has 0 unspecified atom stereocenters. The van der Waals surface area contributed by atoms with E-state index in [0.717, 1.165) is 10.4 Å². The molecule has 2 amide bonds. The fourth-order valence-corrected chi connectivity index (χ4v) is 3.78. The van der Waals surface area contributed by atoms with Crippen LogP contribution in [0.4, 0.5) is 9.80 Å². The molecule has 146 valence electrons. The molecular weight excluding hydrogens is 407 g/mol. The molecule has 0 spiro atoms. The Kier molecular flexibility index (Phi) is 7.14. The number of benzene rings is 1. The Morgan fingerprint density at radius 2 is 1.89 bits per heavy atom. The van der Waals surface area contributed by atoms with E-state index in [4.69, 9.17) is 27.9 Å². The van der Waals surface area contributed by atoms with Crippen LogP contribution in [-0.2, 0) is 16.7 Å². The van der Waals surface area contributed by atoms with Crippen LogP contribution in [0.2, 0.25) is 10.0 Å². The Labute approximate surface area is 173 Å². The number of carbonyl (C=O) groups excluding carboxylic acids is 2. The van der Waals surface area contributed by atoms with Gasteiger partial charge in [-0.25, -0.2) is 9.59 Å². The lowest BCUT2D eigenvalue weighted by Gasteiger charge is -2.15. The Hall–Kier alpha value is -1.76. The van der Waals surface area contributed by atoms with Gasteiger partial charge in [0, 0.05) is 21.5 Å². The van der Waals surface area contributed by atoms with E-state index in [-0.39, 0.29) is 18.6 Å². The molecule has 2 N–H and O–H groups in total. The number of carbonyl (C=O) groups is 2. The third kappa shape index (κ3) is 5.86. The number of amides is 2. The number of ether oxygens (including phenoxy) is 1. The molecule has 0 bridgehead atoms. The van der Waals surface area contributed by atoms with Crippen molar-refractivity contribution in [3.05, 3.63) is 50.3 Å².